The third-order valence-corrected chi connectivity index (χ3v) is 8.31. The molecule has 4 rings (SSSR count). The van der Waals surface area contributed by atoms with Gasteiger partial charge in [0.15, 0.2) is 9.84 Å². The molecule has 1 saturated carbocycles. The van der Waals surface area contributed by atoms with E-state index in [1.807, 2.05) is 49.4 Å². The van der Waals surface area contributed by atoms with Crippen molar-refractivity contribution in [1.82, 2.24) is 10.2 Å². The Balaban J connectivity index is 1.63. The van der Waals surface area contributed by atoms with Crippen LogP contribution in [0, 0.1) is 5.92 Å². The SMILES string of the molecule is CC1(O)CCN(Cc2ccc(S(C)(=O)=O)cc2)C(c2ccccc2)C1NC(=O)C1CCCC1. The number of aliphatic hydroxyl groups is 1. The van der Waals surface area contributed by atoms with Crippen LogP contribution in [-0.4, -0.2) is 48.8 Å². The summed E-state index contributed by atoms with van der Waals surface area (Å²) in [6, 6.07) is 16.3. The van der Waals surface area contributed by atoms with E-state index in [9.17, 15) is 18.3 Å². The zero-order valence-corrected chi connectivity index (χ0v) is 20.2. The number of hydrogen-bond donors (Lipinski definition) is 2. The van der Waals surface area contributed by atoms with E-state index in [0.717, 1.165) is 36.8 Å². The van der Waals surface area contributed by atoms with Crippen molar-refractivity contribution in [2.75, 3.05) is 12.8 Å². The molecule has 178 valence electrons. The van der Waals surface area contributed by atoms with Gasteiger partial charge in [0.05, 0.1) is 22.6 Å². The normalized spacial score (nSPS) is 26.9. The molecule has 3 atom stereocenters. The molecule has 1 heterocycles. The van der Waals surface area contributed by atoms with Gasteiger partial charge in [-0.2, -0.15) is 0 Å². The molecular formula is C26H34N2O4S. The van der Waals surface area contributed by atoms with Gasteiger partial charge < -0.3 is 10.4 Å². The van der Waals surface area contributed by atoms with Crippen LogP contribution in [0.15, 0.2) is 59.5 Å². The van der Waals surface area contributed by atoms with Crippen LogP contribution in [0.1, 0.15) is 56.2 Å². The smallest absolute Gasteiger partial charge is 0.223 e. The number of rotatable bonds is 6. The van der Waals surface area contributed by atoms with Crippen LogP contribution in [0.2, 0.25) is 0 Å². The highest BCUT2D eigenvalue weighted by atomic mass is 32.2. The Morgan fingerprint density at radius 3 is 2.33 bits per heavy atom. The summed E-state index contributed by atoms with van der Waals surface area (Å²) in [7, 11) is -3.25. The fourth-order valence-electron chi connectivity index (χ4n) is 5.22. The predicted octanol–water partition coefficient (Wildman–Crippen LogP) is 3.46. The number of carbonyl (C=O) groups excluding carboxylic acids is 1. The van der Waals surface area contributed by atoms with Gasteiger partial charge >= 0.3 is 0 Å². The first kappa shape index (κ1) is 23.9. The highest BCUT2D eigenvalue weighted by molar-refractivity contribution is 7.90. The molecule has 0 spiro atoms. The van der Waals surface area contributed by atoms with Gasteiger partial charge in [0.25, 0.3) is 0 Å². The van der Waals surface area contributed by atoms with Crippen molar-refractivity contribution < 1.29 is 18.3 Å². The van der Waals surface area contributed by atoms with Crippen LogP contribution < -0.4 is 5.32 Å². The van der Waals surface area contributed by atoms with Crippen molar-refractivity contribution in [2.45, 2.75) is 68.2 Å². The van der Waals surface area contributed by atoms with Crippen molar-refractivity contribution in [3.63, 3.8) is 0 Å². The Morgan fingerprint density at radius 1 is 1.09 bits per heavy atom. The maximum Gasteiger partial charge on any atom is 0.223 e. The molecule has 2 N–H and O–H groups in total. The molecule has 33 heavy (non-hydrogen) atoms. The molecule has 2 aromatic rings. The maximum atomic E-state index is 13.1. The molecule has 0 bridgehead atoms. The summed E-state index contributed by atoms with van der Waals surface area (Å²) in [5.74, 6) is 0.0641. The van der Waals surface area contributed by atoms with Crippen molar-refractivity contribution in [3.8, 4) is 0 Å². The number of nitrogens with one attached hydrogen (secondary N) is 1. The topological polar surface area (TPSA) is 86.7 Å². The van der Waals surface area contributed by atoms with Crippen LogP contribution >= 0.6 is 0 Å². The lowest BCUT2D eigenvalue weighted by Crippen LogP contribution is -2.62. The molecule has 0 aromatic heterocycles. The average molecular weight is 471 g/mol. The summed E-state index contributed by atoms with van der Waals surface area (Å²) < 4.78 is 23.6. The third-order valence-electron chi connectivity index (χ3n) is 7.19. The summed E-state index contributed by atoms with van der Waals surface area (Å²) in [6.45, 7) is 3.08. The van der Waals surface area contributed by atoms with Gasteiger partial charge in [-0.1, -0.05) is 55.3 Å². The van der Waals surface area contributed by atoms with Crippen LogP contribution in [0.4, 0.5) is 0 Å². The Morgan fingerprint density at radius 2 is 1.73 bits per heavy atom. The minimum atomic E-state index is -3.25. The molecule has 2 fully saturated rings. The number of nitrogens with zero attached hydrogens (tertiary/aromatic N) is 1. The first-order chi connectivity index (χ1) is 15.6. The lowest BCUT2D eigenvalue weighted by molar-refractivity contribution is -0.132. The zero-order valence-electron chi connectivity index (χ0n) is 19.4. The molecule has 3 unspecified atom stereocenters. The predicted molar refractivity (Wildman–Crippen MR) is 128 cm³/mol. The van der Waals surface area contributed by atoms with E-state index < -0.39 is 21.5 Å². The second-order valence-corrected chi connectivity index (χ2v) is 11.8. The van der Waals surface area contributed by atoms with Crippen LogP contribution in [0.3, 0.4) is 0 Å². The summed E-state index contributed by atoms with van der Waals surface area (Å²) in [6.07, 6.45) is 5.72. The van der Waals surface area contributed by atoms with Crippen molar-refractivity contribution in [2.24, 2.45) is 5.92 Å². The fraction of sp³-hybridized carbons (Fsp3) is 0.500. The minimum Gasteiger partial charge on any atom is -0.388 e. The van der Waals surface area contributed by atoms with Crippen LogP contribution in [0.5, 0.6) is 0 Å². The van der Waals surface area contributed by atoms with Crippen LogP contribution in [0.25, 0.3) is 0 Å². The molecule has 1 aliphatic carbocycles. The summed E-state index contributed by atoms with van der Waals surface area (Å²) in [4.78, 5) is 15.7. The number of sulfone groups is 1. The van der Waals surface area contributed by atoms with Crippen molar-refractivity contribution in [1.29, 1.82) is 0 Å². The Bertz CT molecular complexity index is 1060. The van der Waals surface area contributed by atoms with Crippen molar-refractivity contribution >= 4 is 15.7 Å². The quantitative estimate of drug-likeness (QED) is 0.675. The van der Waals surface area contributed by atoms with E-state index in [-0.39, 0.29) is 17.9 Å². The summed E-state index contributed by atoms with van der Waals surface area (Å²) in [5.41, 5.74) is 0.999. The van der Waals surface area contributed by atoms with Crippen LogP contribution in [-0.2, 0) is 21.2 Å². The van der Waals surface area contributed by atoms with Gasteiger partial charge in [0.2, 0.25) is 5.91 Å². The third kappa shape index (κ3) is 5.48. The lowest BCUT2D eigenvalue weighted by atomic mass is 9.79. The largest absolute Gasteiger partial charge is 0.388 e. The first-order valence-electron chi connectivity index (χ1n) is 11.8. The highest BCUT2D eigenvalue weighted by Crippen LogP contribution is 2.38. The van der Waals surface area contributed by atoms with E-state index in [0.29, 0.717) is 24.4 Å². The standard InChI is InChI=1S/C26H34N2O4S/c1-26(30)16-17-28(18-19-12-14-22(15-13-19)33(2,31)32)23(20-8-4-3-5-9-20)24(26)27-25(29)21-10-6-7-11-21/h3-5,8-9,12-15,21,23-24,30H,6-7,10-11,16-18H2,1-2H3,(H,27,29). The van der Waals surface area contributed by atoms with Gasteiger partial charge in [-0.05, 0) is 49.4 Å². The molecule has 1 amide bonds. The average Bonchev–Trinajstić information content (AvgIpc) is 3.32. The highest BCUT2D eigenvalue weighted by Gasteiger charge is 2.46. The van der Waals surface area contributed by atoms with Gasteiger partial charge in [0, 0.05) is 25.3 Å². The lowest BCUT2D eigenvalue weighted by Gasteiger charge is -2.49. The number of piperidine rings is 1. The summed E-state index contributed by atoms with van der Waals surface area (Å²) in [5, 5.41) is 14.6. The van der Waals surface area contributed by atoms with E-state index >= 15 is 0 Å². The van der Waals surface area contributed by atoms with E-state index in [1.54, 1.807) is 12.1 Å². The number of likely N-dealkylation sites (tertiary alicyclic amines) is 1. The number of hydrogen-bond acceptors (Lipinski definition) is 5. The Labute approximate surface area is 196 Å². The Kier molecular flexibility index (Phi) is 6.93. The molecule has 1 aliphatic heterocycles. The minimum absolute atomic E-state index is 0.0242. The number of benzene rings is 2. The van der Waals surface area contributed by atoms with Gasteiger partial charge in [-0.3, -0.25) is 9.69 Å². The van der Waals surface area contributed by atoms with E-state index in [4.69, 9.17) is 0 Å². The maximum absolute atomic E-state index is 13.1. The van der Waals surface area contributed by atoms with Gasteiger partial charge in [-0.15, -0.1) is 0 Å². The fourth-order valence-corrected chi connectivity index (χ4v) is 5.85. The monoisotopic (exact) mass is 470 g/mol. The molecule has 7 heteroatoms. The van der Waals surface area contributed by atoms with E-state index in [2.05, 4.69) is 10.2 Å². The number of amides is 1. The van der Waals surface area contributed by atoms with Gasteiger partial charge in [0.1, 0.15) is 0 Å². The molecule has 2 aliphatic rings. The first-order valence-corrected chi connectivity index (χ1v) is 13.6. The van der Waals surface area contributed by atoms with Gasteiger partial charge in [-0.25, -0.2) is 8.42 Å². The van der Waals surface area contributed by atoms with Crippen molar-refractivity contribution in [3.05, 3.63) is 65.7 Å². The second kappa shape index (κ2) is 9.57. The molecule has 6 nitrogen and oxygen atoms in total. The molecular weight excluding hydrogens is 436 g/mol. The molecule has 2 aromatic carbocycles. The second-order valence-electron chi connectivity index (χ2n) is 9.82. The Hall–Kier alpha value is -2.22. The number of carbonyl (C=O) groups is 1. The zero-order chi connectivity index (χ0) is 23.6. The summed E-state index contributed by atoms with van der Waals surface area (Å²) >= 11 is 0. The molecule has 0 radical (unpaired) electrons. The van der Waals surface area contributed by atoms with E-state index in [1.165, 1.54) is 6.26 Å². The molecule has 1 saturated heterocycles.